The van der Waals surface area contributed by atoms with Crippen molar-refractivity contribution in [2.45, 2.75) is 24.2 Å². The number of hydrogen-bond acceptors (Lipinski definition) is 4. The molecule has 21 heavy (non-hydrogen) atoms. The molecule has 1 aromatic rings. The number of esters is 1. The van der Waals surface area contributed by atoms with Gasteiger partial charge < -0.3 is 4.74 Å². The summed E-state index contributed by atoms with van der Waals surface area (Å²) in [4.78, 5) is 10.7. The Kier molecular flexibility index (Phi) is 4.89. The molecule has 1 aromatic carbocycles. The summed E-state index contributed by atoms with van der Waals surface area (Å²) in [7, 11) is 0.595. The smallest absolute Gasteiger partial charge is 0.344 e. The van der Waals surface area contributed by atoms with Crippen molar-refractivity contribution in [1.29, 1.82) is 0 Å². The van der Waals surface area contributed by atoms with Crippen molar-refractivity contribution in [2.75, 3.05) is 6.61 Å². The van der Waals surface area contributed by atoms with Crippen molar-refractivity contribution in [3.63, 3.8) is 0 Å². The lowest BCUT2D eigenvalue weighted by atomic mass is 10.2. The van der Waals surface area contributed by atoms with Crippen LogP contribution in [-0.4, -0.2) is 21.0 Å². The van der Waals surface area contributed by atoms with Gasteiger partial charge in [-0.15, -0.1) is 0 Å². The van der Waals surface area contributed by atoms with Crippen molar-refractivity contribution in [1.82, 2.24) is 0 Å². The summed E-state index contributed by atoms with van der Waals surface area (Å²) in [6.07, 6.45) is 2.71. The van der Waals surface area contributed by atoms with Gasteiger partial charge >= 0.3 is 5.97 Å². The minimum absolute atomic E-state index is 0.0292. The molecule has 0 heterocycles. The molecule has 1 aliphatic carbocycles. The normalized spacial score (nSPS) is 15.0. The first kappa shape index (κ1) is 16.6. The van der Waals surface area contributed by atoms with Gasteiger partial charge in [0.25, 0.3) is 9.05 Å². The maximum atomic E-state index is 14.1. The monoisotopic (exact) mass is 402 g/mol. The van der Waals surface area contributed by atoms with Gasteiger partial charge in [0.1, 0.15) is 16.3 Å². The number of carbonyl (C=O) groups is 1. The zero-order valence-electron chi connectivity index (χ0n) is 10.5. The van der Waals surface area contributed by atoms with Gasteiger partial charge in [0, 0.05) is 15.2 Å². The Hall–Kier alpha value is -0.730. The van der Waals surface area contributed by atoms with E-state index in [1.54, 1.807) is 0 Å². The fourth-order valence-electron chi connectivity index (χ4n) is 1.78. The molecule has 0 spiro atoms. The summed E-state index contributed by atoms with van der Waals surface area (Å²) in [6, 6.07) is 0.663. The Morgan fingerprint density at radius 2 is 2.05 bits per heavy atom. The number of halogens is 4. The van der Waals surface area contributed by atoms with Crippen LogP contribution >= 0.6 is 26.6 Å². The molecular weight excluding hydrogens is 394 g/mol. The average Bonchev–Trinajstić information content (AvgIpc) is 3.09. The molecule has 0 bridgehead atoms. The van der Waals surface area contributed by atoms with Crippen LogP contribution in [0.15, 0.2) is 15.4 Å². The van der Waals surface area contributed by atoms with E-state index in [-0.39, 0.29) is 6.61 Å². The molecule has 2 rings (SSSR count). The molecule has 0 atom stereocenters. The summed E-state index contributed by atoms with van der Waals surface area (Å²) in [5.74, 6) is -3.55. The molecule has 4 nitrogen and oxygen atoms in total. The fraction of sp³-hybridized carbons (Fsp3) is 0.417. The van der Waals surface area contributed by atoms with Crippen LogP contribution in [0.5, 0.6) is 0 Å². The van der Waals surface area contributed by atoms with Crippen LogP contribution in [0, 0.1) is 17.6 Å². The largest absolute Gasteiger partial charge is 0.462 e. The van der Waals surface area contributed by atoms with Crippen LogP contribution in [0.25, 0.3) is 0 Å². The second-order valence-electron chi connectivity index (χ2n) is 4.66. The summed E-state index contributed by atoms with van der Waals surface area (Å²) < 4.78 is 54.8. The zero-order valence-corrected chi connectivity index (χ0v) is 13.7. The van der Waals surface area contributed by atoms with Crippen LogP contribution in [0.2, 0.25) is 0 Å². The molecule has 0 unspecified atom stereocenters. The molecule has 1 fully saturated rings. The Labute approximate surface area is 133 Å². The highest BCUT2D eigenvalue weighted by molar-refractivity contribution is 9.10. The molecule has 0 N–H and O–H groups in total. The first-order valence-corrected chi connectivity index (χ1v) is 9.11. The van der Waals surface area contributed by atoms with E-state index in [1.807, 2.05) is 0 Å². The van der Waals surface area contributed by atoms with Crippen LogP contribution in [0.1, 0.15) is 29.6 Å². The van der Waals surface area contributed by atoms with Crippen molar-refractivity contribution >= 4 is 41.6 Å². The third-order valence-corrected chi connectivity index (χ3v) is 5.27. The molecular formula is C12H10BrClF2O4S. The SMILES string of the molecule is O=C(OCCC1CC1)c1c(F)cc(Br)c(S(=O)(=O)Cl)c1F. The van der Waals surface area contributed by atoms with E-state index in [2.05, 4.69) is 15.9 Å². The maximum absolute atomic E-state index is 14.1. The summed E-state index contributed by atoms with van der Waals surface area (Å²) in [6.45, 7) is 0.0292. The van der Waals surface area contributed by atoms with Crippen molar-refractivity contribution in [3.8, 4) is 0 Å². The molecule has 0 radical (unpaired) electrons. The number of rotatable bonds is 5. The molecule has 0 aliphatic heterocycles. The predicted octanol–water partition coefficient (Wildman–Crippen LogP) is 3.61. The lowest BCUT2D eigenvalue weighted by Gasteiger charge is -2.10. The molecule has 0 saturated heterocycles. The highest BCUT2D eigenvalue weighted by Gasteiger charge is 2.30. The summed E-state index contributed by atoms with van der Waals surface area (Å²) >= 11 is 2.70. The van der Waals surface area contributed by atoms with Gasteiger partial charge in [0.2, 0.25) is 0 Å². The molecule has 1 aliphatic rings. The van der Waals surface area contributed by atoms with E-state index in [1.165, 1.54) is 0 Å². The van der Waals surface area contributed by atoms with Crippen LogP contribution < -0.4 is 0 Å². The highest BCUT2D eigenvalue weighted by atomic mass is 79.9. The van der Waals surface area contributed by atoms with Crippen molar-refractivity contribution in [3.05, 3.63) is 27.7 Å². The van der Waals surface area contributed by atoms with E-state index in [9.17, 15) is 22.0 Å². The molecule has 0 amide bonds. The minimum atomic E-state index is -4.48. The van der Waals surface area contributed by atoms with Crippen molar-refractivity contribution in [2.24, 2.45) is 5.92 Å². The topological polar surface area (TPSA) is 60.4 Å². The standard InChI is InChI=1S/C12H10BrClF2O4S/c13-7-5-8(15)9(10(16)11(7)21(14,18)19)12(17)20-4-3-6-1-2-6/h5-6H,1-4H2. The number of benzene rings is 1. The Bertz CT molecular complexity index is 689. The quantitative estimate of drug-likeness (QED) is 0.557. The highest BCUT2D eigenvalue weighted by Crippen LogP contribution is 2.33. The molecule has 9 heteroatoms. The van der Waals surface area contributed by atoms with Crippen LogP contribution in [0.4, 0.5) is 8.78 Å². The van der Waals surface area contributed by atoms with Gasteiger partial charge in [-0.2, -0.15) is 0 Å². The summed E-state index contributed by atoms with van der Waals surface area (Å²) in [5.41, 5.74) is -1.06. The van der Waals surface area contributed by atoms with E-state index in [4.69, 9.17) is 15.4 Å². The van der Waals surface area contributed by atoms with Gasteiger partial charge in [-0.05, 0) is 34.3 Å². The van der Waals surface area contributed by atoms with Gasteiger partial charge in [-0.25, -0.2) is 22.0 Å². The predicted molar refractivity (Wildman–Crippen MR) is 74.7 cm³/mol. The Balaban J connectivity index is 2.31. The zero-order chi connectivity index (χ0) is 15.8. The minimum Gasteiger partial charge on any atom is -0.462 e. The second kappa shape index (κ2) is 6.18. The number of carbonyl (C=O) groups excluding carboxylic acids is 1. The van der Waals surface area contributed by atoms with Crippen molar-refractivity contribution < 1.29 is 26.7 Å². The van der Waals surface area contributed by atoms with E-state index in [0.29, 0.717) is 18.4 Å². The molecule has 116 valence electrons. The van der Waals surface area contributed by atoms with Gasteiger partial charge in [-0.3, -0.25) is 0 Å². The maximum Gasteiger partial charge on any atom is 0.344 e. The lowest BCUT2D eigenvalue weighted by Crippen LogP contribution is -2.14. The van der Waals surface area contributed by atoms with Gasteiger partial charge in [0.05, 0.1) is 6.61 Å². The molecule has 0 aromatic heterocycles. The second-order valence-corrected chi connectivity index (χ2v) is 8.02. The fourth-order valence-corrected chi connectivity index (χ4v) is 4.13. The Morgan fingerprint density at radius 1 is 1.43 bits per heavy atom. The van der Waals surface area contributed by atoms with E-state index < -0.39 is 41.6 Å². The first-order chi connectivity index (χ1) is 9.71. The van der Waals surface area contributed by atoms with Crippen LogP contribution in [0.3, 0.4) is 0 Å². The lowest BCUT2D eigenvalue weighted by molar-refractivity contribution is 0.0483. The Morgan fingerprint density at radius 3 is 2.57 bits per heavy atom. The number of hydrogen-bond donors (Lipinski definition) is 0. The van der Waals surface area contributed by atoms with Crippen LogP contribution in [-0.2, 0) is 13.8 Å². The number of ether oxygens (including phenoxy) is 1. The first-order valence-electron chi connectivity index (χ1n) is 6.01. The third kappa shape index (κ3) is 3.92. The van der Waals surface area contributed by atoms with Gasteiger partial charge in [-0.1, -0.05) is 12.8 Å². The molecule has 1 saturated carbocycles. The van der Waals surface area contributed by atoms with E-state index in [0.717, 1.165) is 12.8 Å². The summed E-state index contributed by atoms with van der Waals surface area (Å²) in [5, 5.41) is 0. The van der Waals surface area contributed by atoms with Gasteiger partial charge in [0.15, 0.2) is 5.82 Å². The third-order valence-electron chi connectivity index (χ3n) is 3.03. The average molecular weight is 404 g/mol. The van der Waals surface area contributed by atoms with E-state index >= 15 is 0 Å².